The molecule has 1 aromatic rings. The lowest BCUT2D eigenvalue weighted by molar-refractivity contribution is -0.119. The van der Waals surface area contributed by atoms with Crippen LogP contribution in [-0.4, -0.2) is 24.2 Å². The minimum Gasteiger partial charge on any atom is -0.368 e. The molecule has 0 spiro atoms. The van der Waals surface area contributed by atoms with Gasteiger partial charge in [0.1, 0.15) is 0 Å². The maximum absolute atomic E-state index is 10.9. The highest BCUT2D eigenvalue weighted by Gasteiger charge is 2.11. The zero-order valence-electron chi connectivity index (χ0n) is 8.52. The van der Waals surface area contributed by atoms with Crippen LogP contribution in [0, 0.1) is 0 Å². The molecule has 1 atom stereocenters. The molecule has 0 unspecified atom stereocenters. The third-order valence-corrected chi connectivity index (χ3v) is 2.54. The Morgan fingerprint density at radius 1 is 1.40 bits per heavy atom. The molecular formula is C11H16N2OS. The van der Waals surface area contributed by atoms with Gasteiger partial charge in [-0.25, -0.2) is 0 Å². The molecule has 0 aliphatic heterocycles. The fraction of sp³-hybridized carbons (Fsp3) is 0.364. The summed E-state index contributed by atoms with van der Waals surface area (Å²) in [5.74, 6) is 0.0856. The van der Waals surface area contributed by atoms with E-state index in [1.807, 2.05) is 18.2 Å². The molecule has 0 radical (unpaired) electrons. The van der Waals surface area contributed by atoms with E-state index in [0.29, 0.717) is 5.75 Å². The Kier molecular flexibility index (Phi) is 5.21. The molecule has 4 heteroatoms. The number of rotatable bonds is 6. The van der Waals surface area contributed by atoms with Crippen LogP contribution in [0.25, 0.3) is 0 Å². The molecule has 0 aliphatic rings. The van der Waals surface area contributed by atoms with Gasteiger partial charge in [0.25, 0.3) is 0 Å². The van der Waals surface area contributed by atoms with Crippen molar-refractivity contribution in [3.05, 3.63) is 35.9 Å². The zero-order chi connectivity index (χ0) is 11.1. The van der Waals surface area contributed by atoms with E-state index < -0.39 is 0 Å². The predicted molar refractivity (Wildman–Crippen MR) is 65.0 cm³/mol. The number of benzene rings is 1. The van der Waals surface area contributed by atoms with Crippen molar-refractivity contribution in [3.8, 4) is 0 Å². The van der Waals surface area contributed by atoms with Crippen molar-refractivity contribution >= 4 is 18.5 Å². The van der Waals surface area contributed by atoms with Gasteiger partial charge in [-0.05, 0) is 18.5 Å². The fourth-order valence-corrected chi connectivity index (χ4v) is 1.60. The fourth-order valence-electron chi connectivity index (χ4n) is 1.29. The van der Waals surface area contributed by atoms with E-state index in [-0.39, 0.29) is 11.9 Å². The Morgan fingerprint density at radius 3 is 2.60 bits per heavy atom. The number of nitrogens with two attached hydrogens (primary N) is 1. The zero-order valence-corrected chi connectivity index (χ0v) is 9.41. The Balaban J connectivity index is 2.30. The first-order valence-electron chi connectivity index (χ1n) is 4.91. The van der Waals surface area contributed by atoms with Gasteiger partial charge < -0.3 is 11.1 Å². The predicted octanol–water partition coefficient (Wildman–Crippen LogP) is 0.602. The second-order valence-electron chi connectivity index (χ2n) is 3.33. The first-order chi connectivity index (χ1) is 7.24. The van der Waals surface area contributed by atoms with E-state index >= 15 is 0 Å². The first kappa shape index (κ1) is 12.1. The number of hydrogen-bond donors (Lipinski definition) is 3. The van der Waals surface area contributed by atoms with Crippen molar-refractivity contribution in [2.45, 2.75) is 12.5 Å². The normalized spacial score (nSPS) is 12.3. The minimum absolute atomic E-state index is 0.336. The maximum atomic E-state index is 10.9. The van der Waals surface area contributed by atoms with E-state index in [0.717, 1.165) is 13.0 Å². The summed E-state index contributed by atoms with van der Waals surface area (Å²) < 4.78 is 0. The van der Waals surface area contributed by atoms with Gasteiger partial charge in [0.05, 0.1) is 6.04 Å². The molecule has 1 amide bonds. The van der Waals surface area contributed by atoms with Crippen LogP contribution in [0.1, 0.15) is 5.56 Å². The van der Waals surface area contributed by atoms with Crippen molar-refractivity contribution in [2.24, 2.45) is 5.73 Å². The molecule has 15 heavy (non-hydrogen) atoms. The van der Waals surface area contributed by atoms with Crippen molar-refractivity contribution in [1.82, 2.24) is 5.32 Å². The Hall–Kier alpha value is -1.00. The Morgan fingerprint density at radius 2 is 2.07 bits per heavy atom. The standard InChI is InChI=1S/C11H16N2OS/c12-11(14)10(8-15)13-7-6-9-4-2-1-3-5-9/h1-5,10,13,15H,6-8H2,(H2,12,14)/t10-/m0/s1. The van der Waals surface area contributed by atoms with Crippen LogP contribution in [0.4, 0.5) is 0 Å². The number of thiol groups is 1. The number of primary amides is 1. The summed E-state index contributed by atoms with van der Waals surface area (Å²) in [4.78, 5) is 10.9. The average Bonchev–Trinajstić information content (AvgIpc) is 2.25. The van der Waals surface area contributed by atoms with Gasteiger partial charge >= 0.3 is 0 Å². The van der Waals surface area contributed by atoms with Gasteiger partial charge in [-0.1, -0.05) is 30.3 Å². The van der Waals surface area contributed by atoms with Gasteiger partial charge in [0.2, 0.25) is 5.91 Å². The second-order valence-corrected chi connectivity index (χ2v) is 3.69. The summed E-state index contributed by atoms with van der Waals surface area (Å²) in [6.45, 7) is 0.734. The lowest BCUT2D eigenvalue weighted by Crippen LogP contribution is -2.43. The molecule has 0 heterocycles. The third kappa shape index (κ3) is 4.36. The molecule has 0 fully saturated rings. The molecular weight excluding hydrogens is 208 g/mol. The van der Waals surface area contributed by atoms with Crippen molar-refractivity contribution < 1.29 is 4.79 Å². The van der Waals surface area contributed by atoms with E-state index in [9.17, 15) is 4.79 Å². The van der Waals surface area contributed by atoms with E-state index in [1.165, 1.54) is 5.56 Å². The van der Waals surface area contributed by atoms with E-state index in [1.54, 1.807) is 0 Å². The Bertz CT molecular complexity index is 303. The van der Waals surface area contributed by atoms with Crippen LogP contribution in [0.15, 0.2) is 30.3 Å². The molecule has 0 aliphatic carbocycles. The quantitative estimate of drug-likeness (QED) is 0.620. The lowest BCUT2D eigenvalue weighted by Gasteiger charge is -2.12. The SMILES string of the molecule is NC(=O)[C@H](CS)NCCc1ccccc1. The highest BCUT2D eigenvalue weighted by atomic mass is 32.1. The number of carbonyl (C=O) groups is 1. The monoisotopic (exact) mass is 224 g/mol. The number of hydrogen-bond acceptors (Lipinski definition) is 3. The van der Waals surface area contributed by atoms with Crippen LogP contribution in [0.3, 0.4) is 0 Å². The molecule has 0 saturated heterocycles. The summed E-state index contributed by atoms with van der Waals surface area (Å²) in [6.07, 6.45) is 0.887. The summed E-state index contributed by atoms with van der Waals surface area (Å²) >= 11 is 4.05. The van der Waals surface area contributed by atoms with Gasteiger partial charge in [0.15, 0.2) is 0 Å². The van der Waals surface area contributed by atoms with Crippen LogP contribution >= 0.6 is 12.6 Å². The van der Waals surface area contributed by atoms with Crippen LogP contribution in [0.2, 0.25) is 0 Å². The largest absolute Gasteiger partial charge is 0.368 e. The molecule has 1 rings (SSSR count). The summed E-state index contributed by atoms with van der Waals surface area (Å²) in [5.41, 5.74) is 6.42. The summed E-state index contributed by atoms with van der Waals surface area (Å²) in [7, 11) is 0. The smallest absolute Gasteiger partial charge is 0.235 e. The topological polar surface area (TPSA) is 55.1 Å². The van der Waals surface area contributed by atoms with E-state index in [2.05, 4.69) is 30.1 Å². The molecule has 0 saturated carbocycles. The highest BCUT2D eigenvalue weighted by Crippen LogP contribution is 1.98. The molecule has 3 nitrogen and oxygen atoms in total. The van der Waals surface area contributed by atoms with Gasteiger partial charge in [0, 0.05) is 5.75 Å². The van der Waals surface area contributed by atoms with E-state index in [4.69, 9.17) is 5.73 Å². The van der Waals surface area contributed by atoms with Crippen LogP contribution in [-0.2, 0) is 11.2 Å². The molecule has 0 bridgehead atoms. The minimum atomic E-state index is -0.349. The Labute approximate surface area is 95.5 Å². The van der Waals surface area contributed by atoms with Crippen molar-refractivity contribution in [2.75, 3.05) is 12.3 Å². The molecule has 82 valence electrons. The molecule has 0 aromatic heterocycles. The van der Waals surface area contributed by atoms with Crippen molar-refractivity contribution in [1.29, 1.82) is 0 Å². The van der Waals surface area contributed by atoms with Gasteiger partial charge in [-0.15, -0.1) is 0 Å². The highest BCUT2D eigenvalue weighted by molar-refractivity contribution is 7.80. The first-order valence-corrected chi connectivity index (χ1v) is 5.54. The van der Waals surface area contributed by atoms with Crippen LogP contribution < -0.4 is 11.1 Å². The van der Waals surface area contributed by atoms with Gasteiger partial charge in [-0.2, -0.15) is 12.6 Å². The number of amides is 1. The third-order valence-electron chi connectivity index (χ3n) is 2.17. The summed E-state index contributed by atoms with van der Waals surface area (Å²) in [6, 6.07) is 9.76. The van der Waals surface area contributed by atoms with Gasteiger partial charge in [-0.3, -0.25) is 4.79 Å². The number of nitrogens with one attached hydrogen (secondary N) is 1. The molecule has 3 N–H and O–H groups in total. The maximum Gasteiger partial charge on any atom is 0.235 e. The number of carbonyl (C=O) groups excluding carboxylic acids is 1. The average molecular weight is 224 g/mol. The lowest BCUT2D eigenvalue weighted by atomic mass is 10.1. The second kappa shape index (κ2) is 6.48. The summed E-state index contributed by atoms with van der Waals surface area (Å²) in [5, 5.41) is 3.07. The molecule has 1 aromatic carbocycles. The van der Waals surface area contributed by atoms with Crippen LogP contribution in [0.5, 0.6) is 0 Å². The van der Waals surface area contributed by atoms with Crippen molar-refractivity contribution in [3.63, 3.8) is 0 Å².